The Morgan fingerprint density at radius 2 is 2.23 bits per heavy atom. The van der Waals surface area contributed by atoms with Crippen molar-refractivity contribution >= 4 is 40.9 Å². The zero-order valence-electron chi connectivity index (χ0n) is 11.9. The highest BCUT2D eigenvalue weighted by atomic mass is 32.2. The zero-order valence-corrected chi connectivity index (χ0v) is 12.7. The van der Waals surface area contributed by atoms with Gasteiger partial charge in [-0.3, -0.25) is 9.59 Å². The molecule has 0 unspecified atom stereocenters. The molecule has 0 spiro atoms. The van der Waals surface area contributed by atoms with Crippen LogP contribution in [0.25, 0.3) is 0 Å². The van der Waals surface area contributed by atoms with Crippen LogP contribution >= 0.6 is 11.8 Å². The maximum atomic E-state index is 11.7. The Kier molecular flexibility index (Phi) is 5.54. The molecule has 1 aliphatic rings. The van der Waals surface area contributed by atoms with Crippen molar-refractivity contribution in [1.82, 2.24) is 5.43 Å². The number of rotatable bonds is 5. The van der Waals surface area contributed by atoms with Crippen LogP contribution in [-0.2, 0) is 19.1 Å². The second-order valence-corrected chi connectivity index (χ2v) is 5.33. The molecule has 0 aromatic heterocycles. The number of carbonyl (C=O) groups excluding carboxylic acids is 3. The van der Waals surface area contributed by atoms with E-state index in [9.17, 15) is 14.4 Å². The fourth-order valence-electron chi connectivity index (χ4n) is 1.73. The third kappa shape index (κ3) is 4.59. The van der Waals surface area contributed by atoms with E-state index in [1.165, 1.54) is 0 Å². The van der Waals surface area contributed by atoms with Crippen LogP contribution in [0.3, 0.4) is 0 Å². The van der Waals surface area contributed by atoms with E-state index in [4.69, 9.17) is 4.74 Å². The van der Waals surface area contributed by atoms with E-state index in [-0.39, 0.29) is 24.5 Å². The first kappa shape index (κ1) is 16.0. The summed E-state index contributed by atoms with van der Waals surface area (Å²) in [5, 5.41) is 6.25. The lowest BCUT2D eigenvalue weighted by molar-refractivity contribution is -0.140. The van der Waals surface area contributed by atoms with Crippen molar-refractivity contribution in [2.45, 2.75) is 17.7 Å². The van der Waals surface area contributed by atoms with E-state index in [0.717, 1.165) is 4.90 Å². The fourth-order valence-corrected chi connectivity index (χ4v) is 2.19. The first-order valence-electron chi connectivity index (χ1n) is 6.55. The number of amides is 2. The maximum absolute atomic E-state index is 11.7. The summed E-state index contributed by atoms with van der Waals surface area (Å²) in [5.74, 6) is -1.39. The molecular weight excluding hydrogens is 306 g/mol. The van der Waals surface area contributed by atoms with Crippen LogP contribution in [0, 0.1) is 0 Å². The molecule has 2 amide bonds. The van der Waals surface area contributed by atoms with Crippen LogP contribution in [0.5, 0.6) is 0 Å². The van der Waals surface area contributed by atoms with Gasteiger partial charge in [-0.25, -0.2) is 10.2 Å². The number of carbonyl (C=O) groups is 3. The lowest BCUT2D eigenvalue weighted by atomic mass is 10.2. The van der Waals surface area contributed by atoms with Gasteiger partial charge in [0.15, 0.2) is 6.61 Å². The molecule has 2 N–H and O–H groups in total. The minimum atomic E-state index is -0.701. The van der Waals surface area contributed by atoms with Crippen molar-refractivity contribution in [2.24, 2.45) is 5.10 Å². The van der Waals surface area contributed by atoms with Crippen molar-refractivity contribution in [3.63, 3.8) is 0 Å². The quantitative estimate of drug-likeness (QED) is 0.626. The largest absolute Gasteiger partial charge is 0.451 e. The van der Waals surface area contributed by atoms with Crippen LogP contribution in [-0.4, -0.2) is 36.4 Å². The zero-order chi connectivity index (χ0) is 15.9. The molecule has 1 aromatic carbocycles. The lowest BCUT2D eigenvalue weighted by Gasteiger charge is -2.11. The van der Waals surface area contributed by atoms with Gasteiger partial charge in [0.1, 0.15) is 5.71 Å². The van der Waals surface area contributed by atoms with Crippen LogP contribution in [0.2, 0.25) is 0 Å². The smallest absolute Gasteiger partial charge is 0.355 e. The molecule has 0 saturated heterocycles. The molecule has 0 aliphatic carbocycles. The number of nitrogens with one attached hydrogen (secondary N) is 2. The molecule has 0 fully saturated rings. The Morgan fingerprint density at radius 1 is 1.41 bits per heavy atom. The average molecular weight is 321 g/mol. The van der Waals surface area contributed by atoms with E-state index in [1.807, 2.05) is 24.5 Å². The summed E-state index contributed by atoms with van der Waals surface area (Å²) in [4.78, 5) is 35.4. The van der Waals surface area contributed by atoms with E-state index in [1.54, 1.807) is 17.8 Å². The summed E-state index contributed by atoms with van der Waals surface area (Å²) in [6.45, 7) is -0.407. The second-order valence-electron chi connectivity index (χ2n) is 4.45. The number of hydrogen-bond acceptors (Lipinski definition) is 6. The first-order valence-corrected chi connectivity index (χ1v) is 7.77. The van der Waals surface area contributed by atoms with E-state index in [2.05, 4.69) is 15.8 Å². The SMILES string of the molecule is CSc1cccc(NC(=O)COC(=O)C2=NNC(=O)CC2)c1. The highest BCUT2D eigenvalue weighted by Crippen LogP contribution is 2.18. The molecule has 22 heavy (non-hydrogen) atoms. The van der Waals surface area contributed by atoms with E-state index >= 15 is 0 Å². The summed E-state index contributed by atoms with van der Waals surface area (Å²) < 4.78 is 4.87. The van der Waals surface area contributed by atoms with Crippen molar-refractivity contribution in [2.75, 3.05) is 18.2 Å². The molecule has 1 aliphatic heterocycles. The number of anilines is 1. The molecule has 7 nitrogen and oxygen atoms in total. The number of ether oxygens (including phenoxy) is 1. The summed E-state index contributed by atoms with van der Waals surface area (Å²) in [5.41, 5.74) is 2.94. The number of benzene rings is 1. The molecule has 1 heterocycles. The topological polar surface area (TPSA) is 96.9 Å². The van der Waals surface area contributed by atoms with E-state index in [0.29, 0.717) is 5.69 Å². The summed E-state index contributed by atoms with van der Waals surface area (Å²) in [6, 6.07) is 7.33. The molecular formula is C14H15N3O4S. The standard InChI is InChI=1S/C14H15N3O4S/c1-22-10-4-2-3-9(7-10)15-13(19)8-21-14(20)11-5-6-12(18)17-16-11/h2-4,7H,5-6,8H2,1H3,(H,15,19)(H,17,18). The highest BCUT2D eigenvalue weighted by molar-refractivity contribution is 7.98. The predicted molar refractivity (Wildman–Crippen MR) is 82.6 cm³/mol. The van der Waals surface area contributed by atoms with Gasteiger partial charge in [0.25, 0.3) is 5.91 Å². The second kappa shape index (κ2) is 7.60. The van der Waals surface area contributed by atoms with Gasteiger partial charge in [0.2, 0.25) is 5.91 Å². The van der Waals surface area contributed by atoms with Crippen molar-refractivity contribution in [3.05, 3.63) is 24.3 Å². The van der Waals surface area contributed by atoms with Crippen LogP contribution < -0.4 is 10.7 Å². The molecule has 0 bridgehead atoms. The summed E-state index contributed by atoms with van der Waals surface area (Å²) in [7, 11) is 0. The molecule has 0 saturated carbocycles. The van der Waals surface area contributed by atoms with Crippen LogP contribution in [0.4, 0.5) is 5.69 Å². The van der Waals surface area contributed by atoms with Gasteiger partial charge in [-0.1, -0.05) is 6.07 Å². The van der Waals surface area contributed by atoms with Gasteiger partial charge >= 0.3 is 5.97 Å². The number of hydrazone groups is 1. The monoisotopic (exact) mass is 321 g/mol. The number of nitrogens with zero attached hydrogens (tertiary/aromatic N) is 1. The van der Waals surface area contributed by atoms with Gasteiger partial charge < -0.3 is 10.1 Å². The predicted octanol–water partition coefficient (Wildman–Crippen LogP) is 1.16. The Balaban J connectivity index is 1.82. The van der Waals surface area contributed by atoms with Gasteiger partial charge in [-0.15, -0.1) is 11.8 Å². The molecule has 0 radical (unpaired) electrons. The van der Waals surface area contributed by atoms with Crippen molar-refractivity contribution in [3.8, 4) is 0 Å². The molecule has 0 atom stereocenters. The Morgan fingerprint density at radius 3 is 2.91 bits per heavy atom. The number of hydrogen-bond donors (Lipinski definition) is 2. The summed E-state index contributed by atoms with van der Waals surface area (Å²) in [6.07, 6.45) is 2.33. The lowest BCUT2D eigenvalue weighted by Crippen LogP contribution is -2.32. The Hall–Kier alpha value is -2.35. The Bertz CT molecular complexity index is 630. The molecule has 8 heteroatoms. The molecule has 1 aromatic rings. The first-order chi connectivity index (χ1) is 10.6. The highest BCUT2D eigenvalue weighted by Gasteiger charge is 2.20. The average Bonchev–Trinajstić information content (AvgIpc) is 2.53. The van der Waals surface area contributed by atoms with Gasteiger partial charge in [0, 0.05) is 23.4 Å². The maximum Gasteiger partial charge on any atom is 0.355 e. The third-order valence-corrected chi connectivity index (χ3v) is 3.55. The molecule has 2 rings (SSSR count). The third-order valence-electron chi connectivity index (χ3n) is 2.83. The fraction of sp³-hybridized carbons (Fsp3) is 0.286. The normalized spacial score (nSPS) is 13.9. The minimum absolute atomic E-state index is 0.108. The van der Waals surface area contributed by atoms with E-state index < -0.39 is 18.5 Å². The Labute approximate surface area is 131 Å². The number of esters is 1. The summed E-state index contributed by atoms with van der Waals surface area (Å²) >= 11 is 1.56. The van der Waals surface area contributed by atoms with Crippen molar-refractivity contribution < 1.29 is 19.1 Å². The molecule has 116 valence electrons. The van der Waals surface area contributed by atoms with Gasteiger partial charge in [-0.2, -0.15) is 5.10 Å². The van der Waals surface area contributed by atoms with Gasteiger partial charge in [0.05, 0.1) is 0 Å². The minimum Gasteiger partial charge on any atom is -0.451 e. The van der Waals surface area contributed by atoms with Crippen LogP contribution in [0.15, 0.2) is 34.3 Å². The van der Waals surface area contributed by atoms with Crippen molar-refractivity contribution in [1.29, 1.82) is 0 Å². The number of thioether (sulfide) groups is 1. The van der Waals surface area contributed by atoms with Crippen LogP contribution in [0.1, 0.15) is 12.8 Å². The van der Waals surface area contributed by atoms with Gasteiger partial charge in [-0.05, 0) is 24.5 Å².